The second-order valence-corrected chi connectivity index (χ2v) is 7.55. The van der Waals surface area contributed by atoms with Crippen molar-refractivity contribution in [2.24, 2.45) is 5.92 Å². The lowest BCUT2D eigenvalue weighted by Gasteiger charge is -2.30. The Bertz CT molecular complexity index is 589. The van der Waals surface area contributed by atoms with Gasteiger partial charge >= 0.3 is 6.09 Å². The summed E-state index contributed by atoms with van der Waals surface area (Å²) in [7, 11) is 0. The first kappa shape index (κ1) is 19.2. The van der Waals surface area contributed by atoms with Crippen LogP contribution in [0.3, 0.4) is 0 Å². The van der Waals surface area contributed by atoms with Gasteiger partial charge in [-0.2, -0.15) is 0 Å². The molecule has 4 heteroatoms. The molecular weight excluding hydrogens is 314 g/mol. The maximum absolute atomic E-state index is 12.4. The van der Waals surface area contributed by atoms with Gasteiger partial charge in [0.2, 0.25) is 0 Å². The Kier molecular flexibility index (Phi) is 6.80. The van der Waals surface area contributed by atoms with Crippen molar-refractivity contribution in [2.45, 2.75) is 58.1 Å². The summed E-state index contributed by atoms with van der Waals surface area (Å²) in [6.45, 7) is 6.23. The van der Waals surface area contributed by atoms with Gasteiger partial charge < -0.3 is 14.4 Å². The number of nitrogens with zero attached hydrogens (tertiary/aromatic N) is 1. The Balaban J connectivity index is 1.92. The van der Waals surface area contributed by atoms with Gasteiger partial charge in [-0.3, -0.25) is 0 Å². The van der Waals surface area contributed by atoms with Gasteiger partial charge in [0.1, 0.15) is 11.9 Å². The predicted molar refractivity (Wildman–Crippen MR) is 99.4 cm³/mol. The van der Waals surface area contributed by atoms with Gasteiger partial charge in [0, 0.05) is 12.6 Å². The fourth-order valence-electron chi connectivity index (χ4n) is 3.15. The number of aldehydes is 1. The van der Waals surface area contributed by atoms with Crippen molar-refractivity contribution in [1.29, 1.82) is 0 Å². The average molecular weight is 343 g/mol. The van der Waals surface area contributed by atoms with E-state index in [-0.39, 0.29) is 18.1 Å². The summed E-state index contributed by atoms with van der Waals surface area (Å²) in [6, 6.07) is 10.2. The van der Waals surface area contributed by atoms with E-state index in [4.69, 9.17) is 4.74 Å². The lowest BCUT2D eigenvalue weighted by molar-refractivity contribution is -0.111. The lowest BCUT2D eigenvalue weighted by atomic mass is 9.97. The second kappa shape index (κ2) is 8.84. The van der Waals surface area contributed by atoms with Gasteiger partial charge in [0.05, 0.1) is 5.92 Å². The van der Waals surface area contributed by atoms with Gasteiger partial charge in [-0.15, -0.1) is 0 Å². The third kappa shape index (κ3) is 6.04. The minimum absolute atomic E-state index is 0.0969. The van der Waals surface area contributed by atoms with Crippen LogP contribution in [0.5, 0.6) is 0 Å². The molecule has 0 saturated carbocycles. The maximum atomic E-state index is 12.4. The zero-order valence-corrected chi connectivity index (χ0v) is 15.5. The van der Waals surface area contributed by atoms with Crippen LogP contribution in [0.4, 0.5) is 4.79 Å². The Morgan fingerprint density at radius 1 is 1.32 bits per heavy atom. The Labute approximate surface area is 150 Å². The molecule has 1 aromatic rings. The molecule has 1 aliphatic heterocycles. The van der Waals surface area contributed by atoms with Crippen molar-refractivity contribution in [3.8, 4) is 0 Å². The van der Waals surface area contributed by atoms with Crippen molar-refractivity contribution in [3.05, 3.63) is 48.0 Å². The number of amides is 1. The highest BCUT2D eigenvalue weighted by Gasteiger charge is 2.35. The molecule has 0 N–H and O–H groups in total. The van der Waals surface area contributed by atoms with E-state index in [0.717, 1.165) is 32.0 Å². The number of allylic oxidation sites excluding steroid dienone is 1. The van der Waals surface area contributed by atoms with E-state index in [1.54, 1.807) is 4.90 Å². The van der Waals surface area contributed by atoms with Crippen LogP contribution in [0.15, 0.2) is 42.5 Å². The third-order valence-electron chi connectivity index (χ3n) is 4.33. The van der Waals surface area contributed by atoms with Crippen LogP contribution in [0.1, 0.15) is 45.6 Å². The summed E-state index contributed by atoms with van der Waals surface area (Å²) in [6.07, 6.45) is 8.21. The van der Waals surface area contributed by atoms with Gasteiger partial charge in [-0.25, -0.2) is 4.79 Å². The SMILES string of the molecule is CC(C)(C)OC(=O)N1CCC[C@@H]1[C@@H](C=O)/C=C/CCc1ccccc1. The molecule has 2 atom stereocenters. The minimum atomic E-state index is -0.521. The summed E-state index contributed by atoms with van der Waals surface area (Å²) < 4.78 is 5.48. The van der Waals surface area contributed by atoms with E-state index >= 15 is 0 Å². The summed E-state index contributed by atoms with van der Waals surface area (Å²) in [5.74, 6) is -0.272. The first-order chi connectivity index (χ1) is 11.9. The summed E-state index contributed by atoms with van der Waals surface area (Å²) in [5.41, 5.74) is 0.762. The molecule has 0 aliphatic carbocycles. The maximum Gasteiger partial charge on any atom is 0.410 e. The Hall–Kier alpha value is -2.10. The zero-order chi connectivity index (χ0) is 18.3. The average Bonchev–Trinajstić information content (AvgIpc) is 3.04. The molecule has 4 nitrogen and oxygen atoms in total. The quantitative estimate of drug-likeness (QED) is 0.568. The first-order valence-electron chi connectivity index (χ1n) is 9.06. The van der Waals surface area contributed by atoms with E-state index in [1.165, 1.54) is 5.56 Å². The number of carbonyl (C=O) groups is 2. The van der Waals surface area contributed by atoms with E-state index in [9.17, 15) is 9.59 Å². The molecule has 1 aliphatic rings. The first-order valence-corrected chi connectivity index (χ1v) is 9.06. The molecule has 1 fully saturated rings. The van der Waals surface area contributed by atoms with Crippen LogP contribution in [0.2, 0.25) is 0 Å². The fourth-order valence-corrected chi connectivity index (χ4v) is 3.15. The predicted octanol–water partition coefficient (Wildman–Crippen LogP) is 4.39. The molecule has 1 saturated heterocycles. The molecule has 25 heavy (non-hydrogen) atoms. The molecule has 0 spiro atoms. The normalized spacial score (nSPS) is 19.2. The number of ether oxygens (including phenoxy) is 1. The summed E-state index contributed by atoms with van der Waals surface area (Å²) >= 11 is 0. The molecule has 1 heterocycles. The topological polar surface area (TPSA) is 46.6 Å². The molecule has 0 bridgehead atoms. The number of likely N-dealkylation sites (tertiary alicyclic amines) is 1. The molecule has 136 valence electrons. The molecule has 1 amide bonds. The standard InChI is InChI=1S/C21H29NO3/c1-21(2,3)25-20(24)22-15-9-14-19(22)18(16-23)13-8-7-12-17-10-5-4-6-11-17/h4-6,8,10-11,13,16,18-19H,7,9,12,14-15H2,1-3H3/b13-8+/t18-,19-/m1/s1. The van der Waals surface area contributed by atoms with Crippen molar-refractivity contribution in [3.63, 3.8) is 0 Å². The molecule has 0 radical (unpaired) electrons. The van der Waals surface area contributed by atoms with Gasteiger partial charge in [0.15, 0.2) is 0 Å². The number of hydrogen-bond acceptors (Lipinski definition) is 3. The molecule has 1 aromatic carbocycles. The van der Waals surface area contributed by atoms with Crippen LogP contribution < -0.4 is 0 Å². The highest BCUT2D eigenvalue weighted by atomic mass is 16.6. The highest BCUT2D eigenvalue weighted by molar-refractivity contribution is 5.70. The van der Waals surface area contributed by atoms with Crippen molar-refractivity contribution in [1.82, 2.24) is 4.90 Å². The van der Waals surface area contributed by atoms with Crippen LogP contribution in [0, 0.1) is 5.92 Å². The number of hydrogen-bond donors (Lipinski definition) is 0. The molecule has 2 rings (SSSR count). The number of aryl methyl sites for hydroxylation is 1. The second-order valence-electron chi connectivity index (χ2n) is 7.55. The molecule has 0 aromatic heterocycles. The lowest BCUT2D eigenvalue weighted by Crippen LogP contribution is -2.43. The van der Waals surface area contributed by atoms with Crippen molar-refractivity contribution < 1.29 is 14.3 Å². The van der Waals surface area contributed by atoms with Crippen LogP contribution in [0.25, 0.3) is 0 Å². The van der Waals surface area contributed by atoms with Crippen molar-refractivity contribution in [2.75, 3.05) is 6.54 Å². The minimum Gasteiger partial charge on any atom is -0.444 e. The Morgan fingerprint density at radius 3 is 2.68 bits per heavy atom. The van der Waals surface area contributed by atoms with Gasteiger partial charge in [0.25, 0.3) is 0 Å². The largest absolute Gasteiger partial charge is 0.444 e. The van der Waals surface area contributed by atoms with Crippen LogP contribution in [-0.2, 0) is 16.0 Å². The fraction of sp³-hybridized carbons (Fsp3) is 0.524. The molecular formula is C21H29NO3. The Morgan fingerprint density at radius 2 is 2.04 bits per heavy atom. The van der Waals surface area contributed by atoms with Crippen LogP contribution in [-0.4, -0.2) is 35.5 Å². The monoisotopic (exact) mass is 343 g/mol. The highest BCUT2D eigenvalue weighted by Crippen LogP contribution is 2.26. The third-order valence-corrected chi connectivity index (χ3v) is 4.33. The van der Waals surface area contributed by atoms with E-state index in [1.807, 2.05) is 45.0 Å². The smallest absolute Gasteiger partial charge is 0.410 e. The van der Waals surface area contributed by atoms with Crippen molar-refractivity contribution >= 4 is 12.4 Å². The van der Waals surface area contributed by atoms with Crippen LogP contribution >= 0.6 is 0 Å². The van der Waals surface area contributed by atoms with E-state index < -0.39 is 5.60 Å². The van der Waals surface area contributed by atoms with Gasteiger partial charge in [-0.1, -0.05) is 42.5 Å². The zero-order valence-electron chi connectivity index (χ0n) is 15.5. The summed E-state index contributed by atoms with van der Waals surface area (Å²) in [5, 5.41) is 0. The number of carbonyl (C=O) groups excluding carboxylic acids is 2. The molecule has 0 unspecified atom stereocenters. The van der Waals surface area contributed by atoms with Gasteiger partial charge in [-0.05, 0) is 52.0 Å². The summed E-state index contributed by atoms with van der Waals surface area (Å²) in [4.78, 5) is 25.7. The van der Waals surface area contributed by atoms with E-state index in [0.29, 0.717) is 6.54 Å². The number of rotatable bonds is 6. The number of benzene rings is 1. The van der Waals surface area contributed by atoms with E-state index in [2.05, 4.69) is 18.2 Å².